The highest BCUT2D eigenvalue weighted by atomic mass is 35.5. The smallest absolute Gasteiger partial charge is 0.320 e. The number of hydrogen-bond donors (Lipinski definition) is 1. The van der Waals surface area contributed by atoms with Gasteiger partial charge in [-0.05, 0) is 97.3 Å². The molecular formula is C43H48ClN3O6. The van der Waals surface area contributed by atoms with Gasteiger partial charge in [-0.2, -0.15) is 5.26 Å². The number of morpholine rings is 1. The van der Waals surface area contributed by atoms with Crippen LogP contribution in [0.1, 0.15) is 59.1 Å². The Bertz CT molecular complexity index is 1920. The number of aliphatic carboxylic acids is 1. The van der Waals surface area contributed by atoms with Gasteiger partial charge in [0, 0.05) is 37.8 Å². The molecule has 53 heavy (non-hydrogen) atoms. The van der Waals surface area contributed by atoms with Gasteiger partial charge in [-0.15, -0.1) is 0 Å². The summed E-state index contributed by atoms with van der Waals surface area (Å²) < 4.78 is 24.5. The number of carboxylic acid groups (broad SMARTS) is 1. The summed E-state index contributed by atoms with van der Waals surface area (Å²) in [6.45, 7) is 11.0. The first kappa shape index (κ1) is 38.1. The Balaban J connectivity index is 1.18. The standard InChI is InChI=1S/C43H48ClN3O6/c1-30-34(11-6-12-36(30)37-13-7-15-40(31(37)2)51-20-8-16-46-18-21-50-22-19-46)29-53-42-25-41(52-28-33-10-5-9-32(23-33)26-45)35(24-38(42)44)27-47-17-4-3-14-39(47)43(48)49/h5-7,9-13,15,23-25,39H,3-4,8,14,16-22,27-29H2,1-2H3,(H,48,49)/t39-/m0/s1. The number of nitrogens with zero attached hydrogens (tertiary/aromatic N) is 3. The van der Waals surface area contributed by atoms with E-state index in [0.29, 0.717) is 48.2 Å². The number of likely N-dealkylation sites (tertiary alicyclic amines) is 1. The van der Waals surface area contributed by atoms with Crippen LogP contribution in [-0.2, 0) is 29.3 Å². The Morgan fingerprint density at radius 1 is 0.868 bits per heavy atom. The van der Waals surface area contributed by atoms with E-state index < -0.39 is 12.0 Å². The quantitative estimate of drug-likeness (QED) is 0.121. The van der Waals surface area contributed by atoms with Crippen LogP contribution >= 0.6 is 11.6 Å². The van der Waals surface area contributed by atoms with E-state index in [0.717, 1.165) is 96.8 Å². The Hall–Kier alpha value is -4.59. The molecule has 2 heterocycles. The fraction of sp³-hybridized carbons (Fsp3) is 0.395. The lowest BCUT2D eigenvalue weighted by molar-refractivity contribution is -0.144. The summed E-state index contributed by atoms with van der Waals surface area (Å²) in [6, 6.07) is 25.0. The normalized spacial score (nSPS) is 16.5. The van der Waals surface area contributed by atoms with Crippen molar-refractivity contribution in [2.45, 2.75) is 65.3 Å². The van der Waals surface area contributed by atoms with Crippen molar-refractivity contribution in [1.82, 2.24) is 9.80 Å². The number of halogens is 1. The fourth-order valence-corrected chi connectivity index (χ4v) is 7.40. The minimum absolute atomic E-state index is 0.225. The molecule has 0 saturated carbocycles. The van der Waals surface area contributed by atoms with Gasteiger partial charge in [0.2, 0.25) is 0 Å². The minimum atomic E-state index is -0.821. The highest BCUT2D eigenvalue weighted by Gasteiger charge is 2.29. The van der Waals surface area contributed by atoms with E-state index in [1.165, 1.54) is 0 Å². The van der Waals surface area contributed by atoms with Crippen LogP contribution in [0.3, 0.4) is 0 Å². The number of hydrogen-bond acceptors (Lipinski definition) is 8. The van der Waals surface area contributed by atoms with E-state index in [1.807, 2.05) is 41.3 Å². The average Bonchev–Trinajstić information content (AvgIpc) is 3.17. The predicted octanol–water partition coefficient (Wildman–Crippen LogP) is 8.19. The van der Waals surface area contributed by atoms with Crippen molar-refractivity contribution in [3.8, 4) is 34.4 Å². The van der Waals surface area contributed by atoms with E-state index in [2.05, 4.69) is 43.0 Å². The van der Waals surface area contributed by atoms with Gasteiger partial charge in [0.25, 0.3) is 0 Å². The van der Waals surface area contributed by atoms with Gasteiger partial charge in [0.05, 0.1) is 36.5 Å². The third-order valence-corrected chi connectivity index (χ3v) is 10.5. The maximum Gasteiger partial charge on any atom is 0.320 e. The van der Waals surface area contributed by atoms with Crippen molar-refractivity contribution in [1.29, 1.82) is 5.26 Å². The molecule has 2 saturated heterocycles. The first-order valence-corrected chi connectivity index (χ1v) is 18.8. The molecule has 278 valence electrons. The Morgan fingerprint density at radius 3 is 2.42 bits per heavy atom. The third kappa shape index (κ3) is 9.89. The van der Waals surface area contributed by atoms with Crippen LogP contribution in [0.4, 0.5) is 0 Å². The van der Waals surface area contributed by atoms with Crippen molar-refractivity contribution in [3.63, 3.8) is 0 Å². The van der Waals surface area contributed by atoms with Crippen LogP contribution in [0.25, 0.3) is 11.1 Å². The first-order valence-electron chi connectivity index (χ1n) is 18.5. The lowest BCUT2D eigenvalue weighted by Gasteiger charge is -2.33. The van der Waals surface area contributed by atoms with Crippen molar-refractivity contribution >= 4 is 17.6 Å². The molecule has 0 aliphatic carbocycles. The zero-order valence-corrected chi connectivity index (χ0v) is 31.4. The molecule has 0 spiro atoms. The largest absolute Gasteiger partial charge is 0.493 e. The second-order valence-corrected chi connectivity index (χ2v) is 14.2. The number of nitriles is 1. The molecule has 6 rings (SSSR count). The lowest BCUT2D eigenvalue weighted by Crippen LogP contribution is -2.44. The molecule has 0 aromatic heterocycles. The molecule has 2 aliphatic heterocycles. The minimum Gasteiger partial charge on any atom is -0.493 e. The topological polar surface area (TPSA) is 104 Å². The van der Waals surface area contributed by atoms with E-state index >= 15 is 0 Å². The van der Waals surface area contributed by atoms with Crippen LogP contribution in [0, 0.1) is 25.2 Å². The number of rotatable bonds is 15. The summed E-state index contributed by atoms with van der Waals surface area (Å²) in [7, 11) is 0. The molecule has 4 aromatic carbocycles. The van der Waals surface area contributed by atoms with Gasteiger partial charge in [-0.25, -0.2) is 0 Å². The summed E-state index contributed by atoms with van der Waals surface area (Å²) in [6.07, 6.45) is 3.38. The fourth-order valence-electron chi connectivity index (χ4n) is 7.16. The van der Waals surface area contributed by atoms with E-state index in [4.69, 9.17) is 30.5 Å². The summed E-state index contributed by atoms with van der Waals surface area (Å²) >= 11 is 6.87. The van der Waals surface area contributed by atoms with Crippen molar-refractivity contribution in [3.05, 3.63) is 111 Å². The maximum absolute atomic E-state index is 12.1. The highest BCUT2D eigenvalue weighted by Crippen LogP contribution is 2.37. The molecule has 1 atom stereocenters. The van der Waals surface area contributed by atoms with E-state index in [-0.39, 0.29) is 13.2 Å². The number of piperidine rings is 1. The molecule has 1 N–H and O–H groups in total. The van der Waals surface area contributed by atoms with Gasteiger partial charge in [-0.3, -0.25) is 14.6 Å². The third-order valence-electron chi connectivity index (χ3n) is 10.2. The molecule has 0 unspecified atom stereocenters. The number of carboxylic acids is 1. The monoisotopic (exact) mass is 737 g/mol. The molecule has 0 bridgehead atoms. The molecular weight excluding hydrogens is 690 g/mol. The first-order chi connectivity index (χ1) is 25.8. The van der Waals surface area contributed by atoms with Crippen LogP contribution in [0.5, 0.6) is 17.2 Å². The second-order valence-electron chi connectivity index (χ2n) is 13.8. The van der Waals surface area contributed by atoms with Crippen LogP contribution in [-0.4, -0.2) is 72.9 Å². The Kier molecular flexibility index (Phi) is 13.3. The SMILES string of the molecule is Cc1c(COc2cc(OCc3cccc(C#N)c3)c(CN3CCCC[C@H]3C(=O)O)cc2Cl)cccc1-c1cccc(OCCCN2CCOCC2)c1C. The summed E-state index contributed by atoms with van der Waals surface area (Å²) in [5.41, 5.74) is 7.63. The van der Waals surface area contributed by atoms with Crippen LogP contribution in [0.2, 0.25) is 5.02 Å². The molecule has 9 nitrogen and oxygen atoms in total. The lowest BCUT2D eigenvalue weighted by atomic mass is 9.93. The van der Waals surface area contributed by atoms with Crippen LogP contribution in [0.15, 0.2) is 72.8 Å². The van der Waals surface area contributed by atoms with Gasteiger partial charge in [0.1, 0.15) is 36.5 Å². The van der Waals surface area contributed by atoms with E-state index in [9.17, 15) is 15.2 Å². The van der Waals surface area contributed by atoms with Gasteiger partial charge >= 0.3 is 5.97 Å². The van der Waals surface area contributed by atoms with E-state index in [1.54, 1.807) is 18.2 Å². The summed E-state index contributed by atoms with van der Waals surface area (Å²) in [5, 5.41) is 19.7. The van der Waals surface area contributed by atoms with Crippen molar-refractivity contribution in [2.75, 3.05) is 46.0 Å². The molecule has 0 radical (unpaired) electrons. The summed E-state index contributed by atoms with van der Waals surface area (Å²) in [5.74, 6) is 1.10. The van der Waals surface area contributed by atoms with Crippen molar-refractivity contribution < 1.29 is 28.8 Å². The van der Waals surface area contributed by atoms with Gasteiger partial charge < -0.3 is 24.1 Å². The summed E-state index contributed by atoms with van der Waals surface area (Å²) in [4.78, 5) is 16.5. The van der Waals surface area contributed by atoms with Gasteiger partial charge in [-0.1, -0.05) is 60.5 Å². The number of benzene rings is 4. The molecule has 4 aromatic rings. The second kappa shape index (κ2) is 18.4. The average molecular weight is 738 g/mol. The number of carbonyl (C=O) groups is 1. The van der Waals surface area contributed by atoms with Crippen molar-refractivity contribution in [2.24, 2.45) is 0 Å². The van der Waals surface area contributed by atoms with Crippen LogP contribution < -0.4 is 14.2 Å². The molecule has 10 heteroatoms. The maximum atomic E-state index is 12.1. The molecule has 0 amide bonds. The molecule has 2 fully saturated rings. The van der Waals surface area contributed by atoms with Gasteiger partial charge in [0.15, 0.2) is 0 Å². The number of ether oxygens (including phenoxy) is 4. The highest BCUT2D eigenvalue weighted by molar-refractivity contribution is 6.32. The predicted molar refractivity (Wildman–Crippen MR) is 206 cm³/mol. The Labute approximate surface area is 317 Å². The Morgan fingerprint density at radius 2 is 1.62 bits per heavy atom. The zero-order chi connectivity index (χ0) is 37.2. The zero-order valence-electron chi connectivity index (χ0n) is 30.6. The molecule has 2 aliphatic rings.